The van der Waals surface area contributed by atoms with Gasteiger partial charge in [-0.25, -0.2) is 9.78 Å². The average Bonchev–Trinajstić information content (AvgIpc) is 3.43. The molecule has 0 saturated carbocycles. The molecule has 1 saturated heterocycles. The summed E-state index contributed by atoms with van der Waals surface area (Å²) in [5.41, 5.74) is 7.79. The molecule has 0 radical (unpaired) electrons. The van der Waals surface area contributed by atoms with Gasteiger partial charge >= 0.3 is 6.03 Å². The molecular formula is C34H38ClN5O4. The third-order valence-corrected chi connectivity index (χ3v) is 9.24. The molecule has 3 amide bonds. The van der Waals surface area contributed by atoms with Gasteiger partial charge in [0.15, 0.2) is 0 Å². The fourth-order valence-electron chi connectivity index (χ4n) is 6.47. The summed E-state index contributed by atoms with van der Waals surface area (Å²) < 4.78 is 11.4. The molecular weight excluding hydrogens is 578 g/mol. The summed E-state index contributed by atoms with van der Waals surface area (Å²) in [5.74, 6) is 0.382. The molecule has 2 N–H and O–H groups in total. The van der Waals surface area contributed by atoms with E-state index in [0.717, 1.165) is 72.4 Å². The van der Waals surface area contributed by atoms with Crippen molar-refractivity contribution >= 4 is 29.2 Å². The summed E-state index contributed by atoms with van der Waals surface area (Å²) in [5, 5.41) is 7.44. The molecule has 6 rings (SSSR count). The van der Waals surface area contributed by atoms with E-state index in [1.165, 1.54) is 15.4 Å². The van der Waals surface area contributed by atoms with E-state index in [0.29, 0.717) is 28.2 Å². The maximum atomic E-state index is 13.2. The van der Waals surface area contributed by atoms with Gasteiger partial charge in [-0.05, 0) is 61.4 Å². The Bertz CT molecular complexity index is 1630. The summed E-state index contributed by atoms with van der Waals surface area (Å²) in [7, 11) is 4.99. The number of halogens is 1. The van der Waals surface area contributed by atoms with Crippen LogP contribution in [0.15, 0.2) is 54.2 Å². The van der Waals surface area contributed by atoms with Crippen LogP contribution in [-0.4, -0.2) is 73.7 Å². The van der Waals surface area contributed by atoms with Crippen molar-refractivity contribution < 1.29 is 19.1 Å². The zero-order valence-corrected chi connectivity index (χ0v) is 26.3. The second-order valence-electron chi connectivity index (χ2n) is 11.7. The third kappa shape index (κ3) is 5.79. The first-order valence-electron chi connectivity index (χ1n) is 15.1. The lowest BCUT2D eigenvalue weighted by Gasteiger charge is -2.29. The van der Waals surface area contributed by atoms with Gasteiger partial charge in [-0.3, -0.25) is 4.79 Å². The van der Waals surface area contributed by atoms with Gasteiger partial charge in [0.1, 0.15) is 0 Å². The first kappa shape index (κ1) is 30.1. The number of urea groups is 1. The van der Waals surface area contributed by atoms with Crippen molar-refractivity contribution in [1.82, 2.24) is 20.1 Å². The normalized spacial score (nSPS) is 18.7. The van der Waals surface area contributed by atoms with Gasteiger partial charge < -0.3 is 29.9 Å². The predicted octanol–water partition coefficient (Wildman–Crippen LogP) is 5.96. The number of methoxy groups -OCH3 is 1. The van der Waals surface area contributed by atoms with E-state index < -0.39 is 0 Å². The van der Waals surface area contributed by atoms with E-state index in [4.69, 9.17) is 26.1 Å². The van der Waals surface area contributed by atoms with Crippen LogP contribution in [0.3, 0.4) is 0 Å². The number of ether oxygens (including phenoxy) is 2. The molecule has 2 aliphatic heterocycles. The lowest BCUT2D eigenvalue weighted by Crippen LogP contribution is -2.43. The summed E-state index contributed by atoms with van der Waals surface area (Å²) >= 11 is 7.13. The molecule has 2 aromatic carbocycles. The molecule has 0 spiro atoms. The monoisotopic (exact) mass is 615 g/mol. The number of aromatic nitrogens is 1. The van der Waals surface area contributed by atoms with Crippen LogP contribution in [0.4, 0.5) is 10.5 Å². The fourth-order valence-corrected chi connectivity index (χ4v) is 6.80. The van der Waals surface area contributed by atoms with E-state index in [2.05, 4.69) is 16.7 Å². The van der Waals surface area contributed by atoms with Crippen LogP contribution in [0.5, 0.6) is 5.88 Å². The highest BCUT2D eigenvalue weighted by Gasteiger charge is 2.31. The summed E-state index contributed by atoms with van der Waals surface area (Å²) in [6.45, 7) is 3.80. The summed E-state index contributed by atoms with van der Waals surface area (Å²) in [4.78, 5) is 33.1. The van der Waals surface area contributed by atoms with Crippen molar-refractivity contribution in [3.63, 3.8) is 0 Å². The number of hydrogen-bond acceptors (Lipinski definition) is 6. The average molecular weight is 616 g/mol. The standard InChI is InChI=1S/C34H38ClN5O4/c1-20-24(7-6-10-27(20)37-32(41)22-18-39(2)34(42)40(3)19-22)25-8-5-9-26(31(25)35)29-17-21-11-12-28(30(21)33(38-29)43-4)36-23-13-15-44-16-14-23/h5-10,17-18,23,28,36H,11-16,19H2,1-4H3,(H,37,41)/t28-/m1/s1. The van der Waals surface area contributed by atoms with Crippen LogP contribution < -0.4 is 15.4 Å². The minimum atomic E-state index is -0.254. The lowest BCUT2D eigenvalue weighted by molar-refractivity contribution is -0.113. The maximum Gasteiger partial charge on any atom is 0.323 e. The Morgan fingerprint density at radius 3 is 2.55 bits per heavy atom. The SMILES string of the molecule is COc1nc(-c2cccc(-c3cccc(NC(=O)C4=CN(C)C(=O)N(C)C4)c3C)c2Cl)cc2c1[C@H](NC1CCOCC1)CC2. The van der Waals surface area contributed by atoms with Gasteiger partial charge in [-0.2, -0.15) is 0 Å². The van der Waals surface area contributed by atoms with Crippen LogP contribution in [0, 0.1) is 6.92 Å². The second kappa shape index (κ2) is 12.6. The van der Waals surface area contributed by atoms with Crippen molar-refractivity contribution in [2.24, 2.45) is 0 Å². The highest BCUT2D eigenvalue weighted by Crippen LogP contribution is 2.43. The number of nitrogens with one attached hydrogen (secondary N) is 2. The molecule has 1 atom stereocenters. The number of rotatable bonds is 7. The molecule has 9 nitrogen and oxygen atoms in total. The van der Waals surface area contributed by atoms with Crippen LogP contribution in [0.25, 0.3) is 22.4 Å². The number of amides is 3. The van der Waals surface area contributed by atoms with Gasteiger partial charge in [0, 0.05) is 68.0 Å². The van der Waals surface area contributed by atoms with Crippen molar-refractivity contribution in [3.8, 4) is 28.3 Å². The topological polar surface area (TPSA) is 96.0 Å². The van der Waals surface area contributed by atoms with E-state index in [1.54, 1.807) is 27.4 Å². The van der Waals surface area contributed by atoms with E-state index in [1.807, 2.05) is 43.3 Å². The number of likely N-dealkylation sites (N-methyl/N-ethyl adjacent to an activating group) is 1. The fraction of sp³-hybridized carbons (Fsp3) is 0.382. The Labute approximate surface area is 263 Å². The van der Waals surface area contributed by atoms with Crippen LogP contribution in [0.2, 0.25) is 5.02 Å². The smallest absolute Gasteiger partial charge is 0.323 e. The molecule has 1 aliphatic carbocycles. The van der Waals surface area contributed by atoms with Crippen LogP contribution >= 0.6 is 11.6 Å². The largest absolute Gasteiger partial charge is 0.481 e. The van der Waals surface area contributed by atoms with Gasteiger partial charge in [-0.15, -0.1) is 0 Å². The number of benzene rings is 2. The minimum absolute atomic E-state index is 0.156. The first-order chi connectivity index (χ1) is 21.2. The number of carbonyl (C=O) groups excluding carboxylic acids is 2. The first-order valence-corrected chi connectivity index (χ1v) is 15.4. The van der Waals surface area contributed by atoms with Gasteiger partial charge in [0.2, 0.25) is 5.88 Å². The van der Waals surface area contributed by atoms with Crippen LogP contribution in [0.1, 0.15) is 42.0 Å². The lowest BCUT2D eigenvalue weighted by atomic mass is 9.96. The zero-order chi connectivity index (χ0) is 31.0. The molecule has 3 aromatic rings. The molecule has 0 bridgehead atoms. The third-order valence-electron chi connectivity index (χ3n) is 8.84. The molecule has 3 aliphatic rings. The number of hydrogen-bond donors (Lipinski definition) is 2. The van der Waals surface area contributed by atoms with Crippen molar-refractivity contribution in [2.45, 2.75) is 44.7 Å². The second-order valence-corrected chi connectivity index (χ2v) is 12.1. The van der Waals surface area contributed by atoms with E-state index in [-0.39, 0.29) is 24.5 Å². The van der Waals surface area contributed by atoms with Crippen molar-refractivity contribution in [3.05, 3.63) is 76.0 Å². The number of nitrogens with zero attached hydrogens (tertiary/aromatic N) is 3. The number of pyridine rings is 1. The molecule has 1 fully saturated rings. The highest BCUT2D eigenvalue weighted by molar-refractivity contribution is 6.36. The number of aryl methyl sites for hydroxylation is 1. The number of fused-ring (bicyclic) bond motifs is 1. The Hall–Kier alpha value is -3.92. The molecule has 10 heteroatoms. The zero-order valence-electron chi connectivity index (χ0n) is 25.6. The van der Waals surface area contributed by atoms with E-state index >= 15 is 0 Å². The van der Waals surface area contributed by atoms with Gasteiger partial charge in [0.05, 0.1) is 29.9 Å². The Morgan fingerprint density at radius 1 is 1.07 bits per heavy atom. The Morgan fingerprint density at radius 2 is 1.80 bits per heavy atom. The molecule has 3 heterocycles. The van der Waals surface area contributed by atoms with Crippen molar-refractivity contribution in [2.75, 3.05) is 46.3 Å². The number of anilines is 1. The molecule has 230 valence electrons. The summed E-state index contributed by atoms with van der Waals surface area (Å²) in [6.07, 6.45) is 5.55. The highest BCUT2D eigenvalue weighted by atomic mass is 35.5. The summed E-state index contributed by atoms with van der Waals surface area (Å²) in [6, 6.07) is 14.4. The molecule has 44 heavy (non-hydrogen) atoms. The quantitative estimate of drug-likeness (QED) is 0.340. The maximum absolute atomic E-state index is 13.2. The Balaban J connectivity index is 1.28. The number of carbonyl (C=O) groups is 2. The van der Waals surface area contributed by atoms with E-state index in [9.17, 15) is 9.59 Å². The van der Waals surface area contributed by atoms with Gasteiger partial charge in [0.25, 0.3) is 5.91 Å². The molecule has 0 unspecified atom stereocenters. The molecule has 1 aromatic heterocycles. The van der Waals surface area contributed by atoms with Crippen LogP contribution in [-0.2, 0) is 16.0 Å². The van der Waals surface area contributed by atoms with Gasteiger partial charge in [-0.1, -0.05) is 41.9 Å². The minimum Gasteiger partial charge on any atom is -0.481 e. The predicted molar refractivity (Wildman–Crippen MR) is 172 cm³/mol. The Kier molecular flexibility index (Phi) is 8.62. The van der Waals surface area contributed by atoms with Crippen molar-refractivity contribution in [1.29, 1.82) is 0 Å².